The topological polar surface area (TPSA) is 90.1 Å². The minimum Gasteiger partial charge on any atom is -0.494 e. The molecule has 1 atom stereocenters. The second kappa shape index (κ2) is 6.17. The Hall–Kier alpha value is -2.70. The number of anilines is 1. The van der Waals surface area contributed by atoms with Crippen molar-refractivity contribution in [1.82, 2.24) is 15.3 Å². The van der Waals surface area contributed by atoms with Gasteiger partial charge in [-0.3, -0.25) is 4.79 Å². The monoisotopic (exact) mass is 290 g/mol. The molecule has 0 saturated heterocycles. The summed E-state index contributed by atoms with van der Waals surface area (Å²) in [6.07, 6.45) is 2.78. The van der Waals surface area contributed by atoms with Gasteiger partial charge in [0, 0.05) is 12.4 Å². The molecule has 1 aromatic carbocycles. The van der Waals surface area contributed by atoms with E-state index in [0.717, 1.165) is 0 Å². The molecule has 6 nitrogen and oxygen atoms in total. The van der Waals surface area contributed by atoms with Crippen LogP contribution in [0.15, 0.2) is 30.6 Å². The molecule has 0 radical (unpaired) electrons. The van der Waals surface area contributed by atoms with E-state index in [1.54, 1.807) is 13.0 Å². The molecule has 21 heavy (non-hydrogen) atoms. The molecular formula is C14H15FN4O2. The molecule has 1 amide bonds. The van der Waals surface area contributed by atoms with Gasteiger partial charge >= 0.3 is 0 Å². The number of nitrogen functional groups attached to an aromatic ring is 1. The fourth-order valence-corrected chi connectivity index (χ4v) is 1.82. The molecular weight excluding hydrogens is 275 g/mol. The Morgan fingerprint density at radius 2 is 2.10 bits per heavy atom. The van der Waals surface area contributed by atoms with E-state index in [1.165, 1.54) is 31.6 Å². The summed E-state index contributed by atoms with van der Waals surface area (Å²) in [4.78, 5) is 19.7. The smallest absolute Gasteiger partial charge is 0.274 e. The van der Waals surface area contributed by atoms with E-state index >= 15 is 0 Å². The summed E-state index contributed by atoms with van der Waals surface area (Å²) in [7, 11) is 1.39. The SMILES string of the molecule is COc1ccc([C@H](C)NC(=O)c2nccnc2N)cc1F. The van der Waals surface area contributed by atoms with Crippen molar-refractivity contribution in [2.75, 3.05) is 12.8 Å². The van der Waals surface area contributed by atoms with Crippen LogP contribution in [-0.2, 0) is 0 Å². The van der Waals surface area contributed by atoms with Crippen LogP contribution in [0, 0.1) is 5.82 Å². The molecule has 110 valence electrons. The lowest BCUT2D eigenvalue weighted by molar-refractivity contribution is 0.0935. The molecule has 1 heterocycles. The number of nitrogens with zero attached hydrogens (tertiary/aromatic N) is 2. The number of benzene rings is 1. The fraction of sp³-hybridized carbons (Fsp3) is 0.214. The first kappa shape index (κ1) is 14.7. The van der Waals surface area contributed by atoms with Crippen molar-refractivity contribution >= 4 is 11.7 Å². The number of nitrogens with two attached hydrogens (primary N) is 1. The minimum atomic E-state index is -0.491. The average Bonchev–Trinajstić information content (AvgIpc) is 2.47. The molecule has 1 aromatic heterocycles. The van der Waals surface area contributed by atoms with Gasteiger partial charge in [-0.25, -0.2) is 14.4 Å². The summed E-state index contributed by atoms with van der Waals surface area (Å²) < 4.78 is 18.5. The van der Waals surface area contributed by atoms with E-state index in [4.69, 9.17) is 10.5 Å². The number of rotatable bonds is 4. The fourth-order valence-electron chi connectivity index (χ4n) is 1.82. The highest BCUT2D eigenvalue weighted by molar-refractivity contribution is 5.96. The number of carbonyl (C=O) groups is 1. The van der Waals surface area contributed by atoms with E-state index in [0.29, 0.717) is 5.56 Å². The molecule has 7 heteroatoms. The molecule has 0 aliphatic carbocycles. The number of hydrogen-bond acceptors (Lipinski definition) is 5. The second-order valence-electron chi connectivity index (χ2n) is 4.38. The van der Waals surface area contributed by atoms with Gasteiger partial charge in [-0.15, -0.1) is 0 Å². The molecule has 0 spiro atoms. The number of amides is 1. The number of carbonyl (C=O) groups excluding carboxylic acids is 1. The molecule has 0 aliphatic rings. The average molecular weight is 290 g/mol. The summed E-state index contributed by atoms with van der Waals surface area (Å²) in [5.41, 5.74) is 6.23. The molecule has 0 saturated carbocycles. The van der Waals surface area contributed by atoms with Gasteiger partial charge in [-0.05, 0) is 24.6 Å². The van der Waals surface area contributed by atoms with E-state index < -0.39 is 17.8 Å². The number of halogens is 1. The highest BCUT2D eigenvalue weighted by Crippen LogP contribution is 2.22. The number of methoxy groups -OCH3 is 1. The van der Waals surface area contributed by atoms with Crippen LogP contribution in [0.5, 0.6) is 5.75 Å². The lowest BCUT2D eigenvalue weighted by Gasteiger charge is -2.15. The first-order valence-electron chi connectivity index (χ1n) is 6.23. The Balaban J connectivity index is 2.14. The number of ether oxygens (including phenoxy) is 1. The Morgan fingerprint density at radius 1 is 1.38 bits per heavy atom. The zero-order valence-corrected chi connectivity index (χ0v) is 11.6. The molecule has 2 rings (SSSR count). The maximum absolute atomic E-state index is 13.7. The van der Waals surface area contributed by atoms with Crippen LogP contribution < -0.4 is 15.8 Å². The van der Waals surface area contributed by atoms with E-state index in [1.807, 2.05) is 0 Å². The maximum atomic E-state index is 13.7. The maximum Gasteiger partial charge on any atom is 0.274 e. The van der Waals surface area contributed by atoms with E-state index in [2.05, 4.69) is 15.3 Å². The van der Waals surface area contributed by atoms with Gasteiger partial charge in [-0.1, -0.05) is 6.07 Å². The third kappa shape index (κ3) is 3.25. The first-order valence-corrected chi connectivity index (χ1v) is 6.23. The highest BCUT2D eigenvalue weighted by atomic mass is 19.1. The van der Waals surface area contributed by atoms with Gasteiger partial charge in [-0.2, -0.15) is 0 Å². The third-order valence-electron chi connectivity index (χ3n) is 2.97. The Kier molecular flexibility index (Phi) is 4.32. The number of nitrogens with one attached hydrogen (secondary N) is 1. The third-order valence-corrected chi connectivity index (χ3v) is 2.97. The van der Waals surface area contributed by atoms with Crippen molar-refractivity contribution in [3.63, 3.8) is 0 Å². The van der Waals surface area contributed by atoms with Gasteiger partial charge in [0.25, 0.3) is 5.91 Å². The summed E-state index contributed by atoms with van der Waals surface area (Å²) >= 11 is 0. The van der Waals surface area contributed by atoms with Crippen LogP contribution in [0.4, 0.5) is 10.2 Å². The largest absolute Gasteiger partial charge is 0.494 e. The Morgan fingerprint density at radius 3 is 2.71 bits per heavy atom. The molecule has 0 bridgehead atoms. The van der Waals surface area contributed by atoms with Gasteiger partial charge in [0.1, 0.15) is 0 Å². The van der Waals surface area contributed by atoms with Crippen molar-refractivity contribution in [3.05, 3.63) is 47.7 Å². The van der Waals surface area contributed by atoms with Gasteiger partial charge < -0.3 is 15.8 Å². The first-order chi connectivity index (χ1) is 10.0. The lowest BCUT2D eigenvalue weighted by atomic mass is 10.1. The summed E-state index contributed by atoms with van der Waals surface area (Å²) in [5.74, 6) is -0.766. The zero-order valence-electron chi connectivity index (χ0n) is 11.6. The number of aromatic nitrogens is 2. The van der Waals surface area contributed by atoms with Crippen LogP contribution in [0.25, 0.3) is 0 Å². The molecule has 2 aromatic rings. The second-order valence-corrected chi connectivity index (χ2v) is 4.38. The molecule has 0 fully saturated rings. The van der Waals surface area contributed by atoms with Crippen molar-refractivity contribution in [3.8, 4) is 5.75 Å². The van der Waals surface area contributed by atoms with Crippen molar-refractivity contribution < 1.29 is 13.9 Å². The Labute approximate surface area is 121 Å². The van der Waals surface area contributed by atoms with Crippen LogP contribution >= 0.6 is 0 Å². The van der Waals surface area contributed by atoms with Crippen LogP contribution in [0.2, 0.25) is 0 Å². The van der Waals surface area contributed by atoms with E-state index in [-0.39, 0.29) is 17.3 Å². The normalized spacial score (nSPS) is 11.8. The standard InChI is InChI=1S/C14H15FN4O2/c1-8(9-3-4-11(21-2)10(15)7-9)19-14(20)12-13(16)18-6-5-17-12/h3-8H,1-2H3,(H2,16,18)(H,19,20)/t8-/m0/s1. The van der Waals surface area contributed by atoms with E-state index in [9.17, 15) is 9.18 Å². The quantitative estimate of drug-likeness (QED) is 0.894. The summed E-state index contributed by atoms with van der Waals surface area (Å²) in [5, 5.41) is 2.69. The minimum absolute atomic E-state index is 0.0401. The van der Waals surface area contributed by atoms with Gasteiger partial charge in [0.05, 0.1) is 13.2 Å². The van der Waals surface area contributed by atoms with Crippen molar-refractivity contribution in [1.29, 1.82) is 0 Å². The molecule has 0 unspecified atom stereocenters. The van der Waals surface area contributed by atoms with Crippen molar-refractivity contribution in [2.45, 2.75) is 13.0 Å². The van der Waals surface area contributed by atoms with Crippen LogP contribution in [0.1, 0.15) is 29.0 Å². The molecule has 0 aliphatic heterocycles. The van der Waals surface area contributed by atoms with Crippen LogP contribution in [-0.4, -0.2) is 23.0 Å². The zero-order chi connectivity index (χ0) is 15.4. The predicted octanol–water partition coefficient (Wildman–Crippen LogP) is 1.70. The summed E-state index contributed by atoms with van der Waals surface area (Å²) in [6, 6.07) is 4.07. The van der Waals surface area contributed by atoms with Crippen molar-refractivity contribution in [2.24, 2.45) is 0 Å². The van der Waals surface area contributed by atoms with Gasteiger partial charge in [0.15, 0.2) is 23.1 Å². The highest BCUT2D eigenvalue weighted by Gasteiger charge is 2.16. The molecule has 3 N–H and O–H groups in total. The van der Waals surface area contributed by atoms with Gasteiger partial charge in [0.2, 0.25) is 0 Å². The predicted molar refractivity (Wildman–Crippen MR) is 75.3 cm³/mol. The summed E-state index contributed by atoms with van der Waals surface area (Å²) in [6.45, 7) is 1.73. The van der Waals surface area contributed by atoms with Crippen LogP contribution in [0.3, 0.4) is 0 Å². The number of hydrogen-bond donors (Lipinski definition) is 2. The lowest BCUT2D eigenvalue weighted by Crippen LogP contribution is -2.28. The Bertz CT molecular complexity index is 663.